The maximum absolute atomic E-state index is 12.7. The van der Waals surface area contributed by atoms with Crippen molar-refractivity contribution in [2.24, 2.45) is 7.05 Å². The van der Waals surface area contributed by atoms with Crippen molar-refractivity contribution in [3.8, 4) is 22.4 Å². The Morgan fingerprint density at radius 2 is 1.54 bits per heavy atom. The van der Waals surface area contributed by atoms with E-state index in [0.29, 0.717) is 17.2 Å². The van der Waals surface area contributed by atoms with Gasteiger partial charge in [0.25, 0.3) is 0 Å². The third-order valence-electron chi connectivity index (χ3n) is 5.67. The molecule has 0 atom stereocenters. The molecule has 0 amide bonds. The number of carbonyl (C=O) groups is 2. The maximum atomic E-state index is 12.7. The average Bonchev–Trinajstić information content (AvgIpc) is 3.18. The van der Waals surface area contributed by atoms with Crippen LogP contribution < -0.4 is 0 Å². The predicted molar refractivity (Wildman–Crippen MR) is 141 cm³/mol. The molecule has 0 saturated carbocycles. The van der Waals surface area contributed by atoms with E-state index < -0.39 is 5.97 Å². The molecule has 1 aromatic heterocycles. The van der Waals surface area contributed by atoms with Crippen molar-refractivity contribution >= 4 is 35.1 Å². The van der Waals surface area contributed by atoms with Crippen LogP contribution in [0.3, 0.4) is 0 Å². The van der Waals surface area contributed by atoms with Gasteiger partial charge in [-0.3, -0.25) is 14.3 Å². The Morgan fingerprint density at radius 1 is 0.943 bits per heavy atom. The molecule has 1 N–H and O–H groups in total. The molecule has 1 heterocycles. The molecule has 7 heteroatoms. The van der Waals surface area contributed by atoms with Gasteiger partial charge in [-0.05, 0) is 40.8 Å². The number of nitrogens with zero attached hydrogens (tertiary/aromatic N) is 2. The van der Waals surface area contributed by atoms with Gasteiger partial charge in [0.1, 0.15) is 5.78 Å². The normalized spacial score (nSPS) is 10.9. The molecule has 0 saturated heterocycles. The number of thioether (sulfide) groups is 1. The van der Waals surface area contributed by atoms with E-state index in [2.05, 4.69) is 5.10 Å². The number of Topliss-reactive ketones (excluding diaryl/α,β-unsaturated/α-hetero) is 1. The summed E-state index contributed by atoms with van der Waals surface area (Å²) in [5.74, 6) is -0.371. The van der Waals surface area contributed by atoms with Gasteiger partial charge >= 0.3 is 5.97 Å². The highest BCUT2D eigenvalue weighted by atomic mass is 35.5. The first-order chi connectivity index (χ1) is 16.8. The van der Waals surface area contributed by atoms with Gasteiger partial charge in [0.05, 0.1) is 34.0 Å². The Hall–Kier alpha value is -3.35. The van der Waals surface area contributed by atoms with Gasteiger partial charge in [-0.2, -0.15) is 5.10 Å². The minimum Gasteiger partial charge on any atom is -0.481 e. The first-order valence-corrected chi connectivity index (χ1v) is 12.5. The second kappa shape index (κ2) is 10.9. The number of hydrogen-bond acceptors (Lipinski definition) is 4. The van der Waals surface area contributed by atoms with Crippen molar-refractivity contribution < 1.29 is 14.7 Å². The van der Waals surface area contributed by atoms with Gasteiger partial charge in [0.15, 0.2) is 0 Å². The van der Waals surface area contributed by atoms with Gasteiger partial charge < -0.3 is 5.11 Å². The predicted octanol–water partition coefficient (Wildman–Crippen LogP) is 6.25. The highest BCUT2D eigenvalue weighted by molar-refractivity contribution is 8.00. The lowest BCUT2D eigenvalue weighted by Gasteiger charge is -2.09. The highest BCUT2D eigenvalue weighted by Gasteiger charge is 2.16. The monoisotopic (exact) mass is 504 g/mol. The van der Waals surface area contributed by atoms with E-state index in [1.54, 1.807) is 10.9 Å². The lowest BCUT2D eigenvalue weighted by molar-refractivity contribution is -0.136. The molecule has 0 aliphatic rings. The number of rotatable bonds is 9. The summed E-state index contributed by atoms with van der Waals surface area (Å²) in [5, 5.41) is 13.9. The zero-order chi connectivity index (χ0) is 24.9. The molecular formula is C28H25ClN2O3S. The van der Waals surface area contributed by atoms with E-state index in [9.17, 15) is 9.59 Å². The number of ketones is 1. The van der Waals surface area contributed by atoms with Crippen LogP contribution >= 0.6 is 23.4 Å². The van der Waals surface area contributed by atoms with Gasteiger partial charge in [-0.15, -0.1) is 11.8 Å². The van der Waals surface area contributed by atoms with Gasteiger partial charge in [0.2, 0.25) is 0 Å². The first kappa shape index (κ1) is 24.8. The zero-order valence-corrected chi connectivity index (χ0v) is 21.1. The summed E-state index contributed by atoms with van der Waals surface area (Å²) < 4.78 is 1.79. The van der Waals surface area contributed by atoms with Crippen LogP contribution in [0, 0.1) is 6.92 Å². The number of hydrogen-bond donors (Lipinski definition) is 1. The standard InChI is InChI=1S/C28H25ClN2O3S/c1-18-3-12-24(25(29)13-18)28-26(16-30-31(28)2)35-17-23(32)14-19-4-8-21(9-5-19)22-10-6-20(7-11-22)15-27(33)34/h3-13,16H,14-15,17H2,1-2H3,(H,33,34). The maximum Gasteiger partial charge on any atom is 0.307 e. The third-order valence-corrected chi connectivity index (χ3v) is 7.06. The number of carbonyl (C=O) groups excluding carboxylic acids is 1. The van der Waals surface area contributed by atoms with Gasteiger partial charge in [0, 0.05) is 19.0 Å². The Kier molecular flexibility index (Phi) is 7.73. The summed E-state index contributed by atoms with van der Waals surface area (Å²) in [6, 6.07) is 21.3. The fraction of sp³-hybridized carbons (Fsp3) is 0.179. The number of benzene rings is 3. The van der Waals surface area contributed by atoms with Crippen LogP contribution in [0.4, 0.5) is 0 Å². The van der Waals surface area contributed by atoms with E-state index in [1.165, 1.54) is 11.8 Å². The molecule has 0 aliphatic heterocycles. The number of aromatic nitrogens is 2. The van der Waals surface area contributed by atoms with E-state index in [4.69, 9.17) is 16.7 Å². The highest BCUT2D eigenvalue weighted by Crippen LogP contribution is 2.35. The quantitative estimate of drug-likeness (QED) is 0.273. The summed E-state index contributed by atoms with van der Waals surface area (Å²) in [6.45, 7) is 2.00. The largest absolute Gasteiger partial charge is 0.481 e. The molecule has 4 rings (SSSR count). The molecule has 5 nitrogen and oxygen atoms in total. The molecule has 35 heavy (non-hydrogen) atoms. The molecular weight excluding hydrogens is 480 g/mol. The second-order valence-electron chi connectivity index (χ2n) is 8.43. The molecule has 0 unspecified atom stereocenters. The topological polar surface area (TPSA) is 72.2 Å². The van der Waals surface area contributed by atoms with E-state index in [1.807, 2.05) is 80.7 Å². The number of carboxylic acids is 1. The number of halogens is 1. The zero-order valence-electron chi connectivity index (χ0n) is 19.5. The SMILES string of the molecule is Cc1ccc(-c2c(SCC(=O)Cc3ccc(-c4ccc(CC(=O)O)cc4)cc3)cnn2C)c(Cl)c1. The smallest absolute Gasteiger partial charge is 0.307 e. The number of aryl methyl sites for hydroxylation is 2. The van der Waals surface area contributed by atoms with Crippen LogP contribution in [0.5, 0.6) is 0 Å². The Labute approximate surface area is 213 Å². The lowest BCUT2D eigenvalue weighted by Crippen LogP contribution is -2.05. The number of carboxylic acid groups (broad SMARTS) is 1. The van der Waals surface area contributed by atoms with Crippen LogP contribution in [-0.2, 0) is 29.5 Å². The summed E-state index contributed by atoms with van der Waals surface area (Å²) in [4.78, 5) is 24.5. The molecule has 0 bridgehead atoms. The Bertz CT molecular complexity index is 1360. The summed E-state index contributed by atoms with van der Waals surface area (Å²) in [6.07, 6.45) is 2.14. The van der Waals surface area contributed by atoms with E-state index in [0.717, 1.165) is 44.0 Å². The lowest BCUT2D eigenvalue weighted by atomic mass is 10.0. The molecule has 0 aliphatic carbocycles. The van der Waals surface area contributed by atoms with Crippen LogP contribution in [0.15, 0.2) is 77.8 Å². The molecule has 3 aromatic carbocycles. The van der Waals surface area contributed by atoms with Crippen LogP contribution in [0.25, 0.3) is 22.4 Å². The molecule has 4 aromatic rings. The molecule has 178 valence electrons. The fourth-order valence-corrected chi connectivity index (χ4v) is 5.13. The molecule has 0 fully saturated rings. The molecule has 0 spiro atoms. The average molecular weight is 505 g/mol. The van der Waals surface area contributed by atoms with Crippen LogP contribution in [0.1, 0.15) is 16.7 Å². The third kappa shape index (κ3) is 6.21. The summed E-state index contributed by atoms with van der Waals surface area (Å²) in [5.41, 5.74) is 6.65. The first-order valence-electron chi connectivity index (χ1n) is 11.1. The van der Waals surface area contributed by atoms with Crippen LogP contribution in [0.2, 0.25) is 5.02 Å². The minimum atomic E-state index is -0.844. The van der Waals surface area contributed by atoms with Gasteiger partial charge in [-0.25, -0.2) is 0 Å². The van der Waals surface area contributed by atoms with Crippen LogP contribution in [-0.4, -0.2) is 32.4 Å². The van der Waals surface area contributed by atoms with Crippen molar-refractivity contribution in [2.75, 3.05) is 5.75 Å². The van der Waals surface area contributed by atoms with Gasteiger partial charge in [-0.1, -0.05) is 72.3 Å². The molecule has 0 radical (unpaired) electrons. The van der Waals surface area contributed by atoms with E-state index >= 15 is 0 Å². The number of aliphatic carboxylic acids is 1. The van der Waals surface area contributed by atoms with Crippen molar-refractivity contribution in [2.45, 2.75) is 24.7 Å². The fourth-order valence-electron chi connectivity index (χ4n) is 3.88. The van der Waals surface area contributed by atoms with Crippen molar-refractivity contribution in [1.29, 1.82) is 0 Å². The Morgan fingerprint density at radius 3 is 2.11 bits per heavy atom. The Balaban J connectivity index is 1.38. The summed E-state index contributed by atoms with van der Waals surface area (Å²) >= 11 is 7.95. The van der Waals surface area contributed by atoms with E-state index in [-0.39, 0.29) is 12.2 Å². The van der Waals surface area contributed by atoms with Crippen molar-refractivity contribution in [3.05, 3.63) is 94.6 Å². The van der Waals surface area contributed by atoms with Crippen molar-refractivity contribution in [3.63, 3.8) is 0 Å². The second-order valence-corrected chi connectivity index (χ2v) is 9.86. The van der Waals surface area contributed by atoms with Crippen molar-refractivity contribution in [1.82, 2.24) is 9.78 Å². The summed E-state index contributed by atoms with van der Waals surface area (Å²) in [7, 11) is 1.87. The minimum absolute atomic E-state index is 0.0118.